The first kappa shape index (κ1) is 13.0. The number of fused-ring (bicyclic) bond motifs is 1. The van der Waals surface area contributed by atoms with E-state index in [2.05, 4.69) is 10.3 Å². The van der Waals surface area contributed by atoms with Crippen molar-refractivity contribution < 1.29 is 13.2 Å². The number of hydrogen-bond acceptors (Lipinski definition) is 2. The number of hydrogen-bond donors (Lipinski definition) is 1. The van der Waals surface area contributed by atoms with Crippen LogP contribution in [-0.4, -0.2) is 12.0 Å². The highest BCUT2D eigenvalue weighted by Gasteiger charge is 2.35. The third kappa shape index (κ3) is 2.10. The van der Waals surface area contributed by atoms with Gasteiger partial charge in [-0.1, -0.05) is 11.6 Å². The average molecular weight is 275 g/mol. The number of alkyl halides is 3. The van der Waals surface area contributed by atoms with Crippen LogP contribution in [0.2, 0.25) is 5.02 Å². The zero-order valence-electron chi connectivity index (χ0n) is 9.69. The minimum Gasteiger partial charge on any atom is -0.387 e. The number of rotatable bonds is 1. The second-order valence-electron chi connectivity index (χ2n) is 3.87. The molecule has 0 atom stereocenters. The quantitative estimate of drug-likeness (QED) is 0.840. The molecule has 2 nitrogen and oxygen atoms in total. The normalized spacial score (nSPS) is 11.9. The van der Waals surface area contributed by atoms with Gasteiger partial charge in [0.25, 0.3) is 0 Å². The molecule has 1 N–H and O–H groups in total. The monoisotopic (exact) mass is 274 g/mol. The van der Waals surface area contributed by atoms with E-state index in [0.717, 1.165) is 0 Å². The van der Waals surface area contributed by atoms with Gasteiger partial charge in [0.2, 0.25) is 0 Å². The Morgan fingerprint density at radius 1 is 1.28 bits per heavy atom. The van der Waals surface area contributed by atoms with Gasteiger partial charge in [0.15, 0.2) is 0 Å². The van der Waals surface area contributed by atoms with Gasteiger partial charge in [0.1, 0.15) is 5.69 Å². The molecule has 96 valence electrons. The SMILES string of the molecule is CNc1c(C)c(C(F)(F)F)nc2ccc(Cl)cc12. The number of anilines is 1. The Hall–Kier alpha value is -1.49. The van der Waals surface area contributed by atoms with Crippen molar-refractivity contribution >= 4 is 28.2 Å². The Morgan fingerprint density at radius 2 is 1.94 bits per heavy atom. The largest absolute Gasteiger partial charge is 0.433 e. The molecule has 1 aromatic carbocycles. The zero-order valence-corrected chi connectivity index (χ0v) is 10.4. The molecule has 18 heavy (non-hydrogen) atoms. The first-order valence-electron chi connectivity index (χ1n) is 5.19. The molecule has 2 rings (SSSR count). The van der Waals surface area contributed by atoms with Crippen LogP contribution in [-0.2, 0) is 6.18 Å². The van der Waals surface area contributed by atoms with Crippen LogP contribution in [0, 0.1) is 6.92 Å². The van der Waals surface area contributed by atoms with E-state index in [9.17, 15) is 13.2 Å². The molecule has 0 saturated heterocycles. The van der Waals surface area contributed by atoms with Crippen LogP contribution in [0.25, 0.3) is 10.9 Å². The van der Waals surface area contributed by atoms with Crippen LogP contribution in [0.3, 0.4) is 0 Å². The molecule has 1 heterocycles. The lowest BCUT2D eigenvalue weighted by Gasteiger charge is -2.15. The predicted molar refractivity (Wildman–Crippen MR) is 66.0 cm³/mol. The molecule has 0 unspecified atom stereocenters. The topological polar surface area (TPSA) is 24.9 Å². The number of halogens is 4. The molecule has 0 fully saturated rings. The lowest BCUT2D eigenvalue weighted by atomic mass is 10.1. The van der Waals surface area contributed by atoms with E-state index in [4.69, 9.17) is 11.6 Å². The molecule has 0 aliphatic rings. The zero-order chi connectivity index (χ0) is 13.5. The molecular formula is C12H10ClF3N2. The number of aromatic nitrogens is 1. The Kier molecular flexibility index (Phi) is 3.11. The first-order chi connectivity index (χ1) is 8.34. The number of benzene rings is 1. The van der Waals surface area contributed by atoms with Crippen LogP contribution in [0.5, 0.6) is 0 Å². The van der Waals surface area contributed by atoms with Crippen molar-refractivity contribution in [3.63, 3.8) is 0 Å². The van der Waals surface area contributed by atoms with E-state index in [-0.39, 0.29) is 11.1 Å². The van der Waals surface area contributed by atoms with E-state index in [1.54, 1.807) is 13.1 Å². The maximum absolute atomic E-state index is 12.9. The fourth-order valence-corrected chi connectivity index (χ4v) is 2.10. The molecular weight excluding hydrogens is 265 g/mol. The number of pyridine rings is 1. The molecule has 0 amide bonds. The summed E-state index contributed by atoms with van der Waals surface area (Å²) in [5.74, 6) is 0. The van der Waals surface area contributed by atoms with Crippen molar-refractivity contribution in [3.05, 3.63) is 34.5 Å². The lowest BCUT2D eigenvalue weighted by Crippen LogP contribution is -2.12. The first-order valence-corrected chi connectivity index (χ1v) is 5.57. The van der Waals surface area contributed by atoms with Gasteiger partial charge in [-0.05, 0) is 25.1 Å². The predicted octanol–water partition coefficient (Wildman–Crippen LogP) is 4.26. The molecule has 0 saturated carbocycles. The van der Waals surface area contributed by atoms with E-state index in [1.165, 1.54) is 19.1 Å². The molecule has 2 aromatic rings. The van der Waals surface area contributed by atoms with Gasteiger partial charge in [-0.3, -0.25) is 0 Å². The average Bonchev–Trinajstić information content (AvgIpc) is 2.26. The summed E-state index contributed by atoms with van der Waals surface area (Å²) in [4.78, 5) is 3.67. The van der Waals surface area contributed by atoms with Crippen LogP contribution < -0.4 is 5.32 Å². The molecule has 0 bridgehead atoms. The second-order valence-corrected chi connectivity index (χ2v) is 4.31. The molecule has 0 spiro atoms. The number of nitrogens with zero attached hydrogens (tertiary/aromatic N) is 1. The van der Waals surface area contributed by atoms with Crippen molar-refractivity contribution in [3.8, 4) is 0 Å². The van der Waals surface area contributed by atoms with Gasteiger partial charge < -0.3 is 5.32 Å². The summed E-state index contributed by atoms with van der Waals surface area (Å²) in [6, 6.07) is 4.60. The van der Waals surface area contributed by atoms with Crippen molar-refractivity contribution in [2.24, 2.45) is 0 Å². The van der Waals surface area contributed by atoms with Gasteiger partial charge in [-0.15, -0.1) is 0 Å². The summed E-state index contributed by atoms with van der Waals surface area (Å²) in [7, 11) is 1.57. The fraction of sp³-hybridized carbons (Fsp3) is 0.250. The van der Waals surface area contributed by atoms with E-state index < -0.39 is 11.9 Å². The highest BCUT2D eigenvalue weighted by molar-refractivity contribution is 6.31. The summed E-state index contributed by atoms with van der Waals surface area (Å²) >= 11 is 5.85. The summed E-state index contributed by atoms with van der Waals surface area (Å²) in [6.45, 7) is 1.39. The van der Waals surface area contributed by atoms with Crippen LogP contribution in [0.4, 0.5) is 18.9 Å². The fourth-order valence-electron chi connectivity index (χ4n) is 1.93. The molecule has 1 aromatic heterocycles. The van der Waals surface area contributed by atoms with Gasteiger partial charge in [0.05, 0.1) is 5.52 Å². The molecule has 0 radical (unpaired) electrons. The lowest BCUT2D eigenvalue weighted by molar-refractivity contribution is -0.141. The Balaban J connectivity index is 2.87. The minimum absolute atomic E-state index is 0.0692. The van der Waals surface area contributed by atoms with Crippen molar-refractivity contribution in [1.82, 2.24) is 4.98 Å². The highest BCUT2D eigenvalue weighted by atomic mass is 35.5. The number of nitrogens with one attached hydrogen (secondary N) is 1. The van der Waals surface area contributed by atoms with Crippen molar-refractivity contribution in [2.45, 2.75) is 13.1 Å². The minimum atomic E-state index is -4.47. The van der Waals surface area contributed by atoms with Crippen LogP contribution >= 0.6 is 11.6 Å². The summed E-state index contributed by atoms with van der Waals surface area (Å²) in [5, 5.41) is 3.82. The smallest absolute Gasteiger partial charge is 0.387 e. The van der Waals surface area contributed by atoms with Crippen LogP contribution in [0.15, 0.2) is 18.2 Å². The third-order valence-corrected chi connectivity index (χ3v) is 2.94. The molecule has 0 aliphatic carbocycles. The summed E-state index contributed by atoms with van der Waals surface area (Å²) < 4.78 is 38.6. The highest BCUT2D eigenvalue weighted by Crippen LogP contribution is 2.37. The van der Waals surface area contributed by atoms with Gasteiger partial charge in [-0.2, -0.15) is 13.2 Å². The standard InChI is InChI=1S/C12H10ClF3N2/c1-6-10(17-2)8-5-7(13)3-4-9(8)18-11(6)12(14,15)16/h3-5H,1-2H3,(H,17,18). The van der Waals surface area contributed by atoms with Crippen molar-refractivity contribution in [1.29, 1.82) is 0 Å². The maximum Gasteiger partial charge on any atom is 0.433 e. The Labute approximate surface area is 107 Å². The van der Waals surface area contributed by atoms with Gasteiger partial charge >= 0.3 is 6.18 Å². The van der Waals surface area contributed by atoms with Crippen molar-refractivity contribution in [2.75, 3.05) is 12.4 Å². The van der Waals surface area contributed by atoms with E-state index in [0.29, 0.717) is 16.1 Å². The van der Waals surface area contributed by atoms with Gasteiger partial charge in [0, 0.05) is 28.7 Å². The second kappa shape index (κ2) is 4.31. The van der Waals surface area contributed by atoms with E-state index >= 15 is 0 Å². The van der Waals surface area contributed by atoms with Gasteiger partial charge in [-0.25, -0.2) is 4.98 Å². The third-order valence-electron chi connectivity index (χ3n) is 2.71. The maximum atomic E-state index is 12.9. The summed E-state index contributed by atoms with van der Waals surface area (Å²) in [5.41, 5.74) is -0.141. The molecule has 6 heteroatoms. The van der Waals surface area contributed by atoms with E-state index in [1.807, 2.05) is 0 Å². The Morgan fingerprint density at radius 3 is 2.50 bits per heavy atom. The van der Waals surface area contributed by atoms with Crippen LogP contribution in [0.1, 0.15) is 11.3 Å². The Bertz CT molecular complexity index is 608. The molecule has 0 aliphatic heterocycles. The summed E-state index contributed by atoms with van der Waals surface area (Å²) in [6.07, 6.45) is -4.47.